The predicted molar refractivity (Wildman–Crippen MR) is 64.5 cm³/mol. The Kier molecular flexibility index (Phi) is 1.73. The quantitative estimate of drug-likeness (QED) is 0.698. The summed E-state index contributed by atoms with van der Waals surface area (Å²) in [6.45, 7) is 8.25. The van der Waals surface area contributed by atoms with E-state index in [9.17, 15) is 9.90 Å². The normalized spacial score (nSPS) is 56.9. The van der Waals surface area contributed by atoms with Crippen LogP contribution in [-0.4, -0.2) is 39.4 Å². The topological polar surface area (TPSA) is 49.8 Å². The minimum absolute atomic E-state index is 0.00650. The minimum atomic E-state index is -0.498. The first-order valence-electron chi connectivity index (χ1n) is 6.97. The number of carbonyl (C=O) groups is 1. The second-order valence-electron chi connectivity index (χ2n) is 7.59. The number of hydrogen-bond donors (Lipinski definition) is 1. The number of likely N-dealkylation sites (tertiary alicyclic amines) is 1. The molecule has 2 aliphatic carbocycles. The number of carbonyl (C=O) groups excluding carboxylic acids is 1. The van der Waals surface area contributed by atoms with Crippen LogP contribution < -0.4 is 0 Å². The molecule has 2 bridgehead atoms. The molecule has 2 heterocycles. The molecule has 1 N–H and O–H groups in total. The van der Waals surface area contributed by atoms with Crippen LogP contribution in [0.25, 0.3) is 0 Å². The van der Waals surface area contributed by atoms with E-state index in [4.69, 9.17) is 4.74 Å². The van der Waals surface area contributed by atoms with Gasteiger partial charge in [-0.15, -0.1) is 0 Å². The summed E-state index contributed by atoms with van der Waals surface area (Å²) in [7, 11) is 0. The smallest absolute Gasteiger partial charge is 0.229 e. The molecule has 7 atom stereocenters. The molecular formula is C14H21NO3. The van der Waals surface area contributed by atoms with Crippen molar-refractivity contribution in [1.82, 2.24) is 4.90 Å². The van der Waals surface area contributed by atoms with Gasteiger partial charge in [-0.2, -0.15) is 0 Å². The Labute approximate surface area is 107 Å². The van der Waals surface area contributed by atoms with Gasteiger partial charge in [0.05, 0.1) is 18.1 Å². The van der Waals surface area contributed by atoms with E-state index in [0.29, 0.717) is 11.8 Å². The summed E-state index contributed by atoms with van der Waals surface area (Å²) in [5.74, 6) is 0.998. The molecule has 2 saturated carbocycles. The summed E-state index contributed by atoms with van der Waals surface area (Å²) in [6, 6.07) is 0. The van der Waals surface area contributed by atoms with Gasteiger partial charge in [-0.3, -0.25) is 4.79 Å². The number of aliphatic hydroxyl groups is 1. The fourth-order valence-electron chi connectivity index (χ4n) is 5.47. The Bertz CT molecular complexity index is 443. The van der Waals surface area contributed by atoms with Gasteiger partial charge in [-0.1, -0.05) is 0 Å². The highest BCUT2D eigenvalue weighted by molar-refractivity contribution is 5.85. The van der Waals surface area contributed by atoms with Crippen LogP contribution in [0.15, 0.2) is 0 Å². The van der Waals surface area contributed by atoms with Crippen LogP contribution in [0, 0.1) is 23.7 Å². The second-order valence-corrected chi connectivity index (χ2v) is 7.59. The monoisotopic (exact) mass is 251 g/mol. The molecular weight excluding hydrogens is 230 g/mol. The van der Waals surface area contributed by atoms with Crippen LogP contribution >= 0.6 is 0 Å². The zero-order valence-corrected chi connectivity index (χ0v) is 11.4. The van der Waals surface area contributed by atoms with Crippen LogP contribution in [0.2, 0.25) is 0 Å². The molecule has 4 nitrogen and oxygen atoms in total. The fourth-order valence-corrected chi connectivity index (χ4v) is 5.47. The molecule has 4 rings (SSSR count). The Balaban J connectivity index is 1.86. The molecule has 0 aromatic heterocycles. The largest absolute Gasteiger partial charge is 0.390 e. The molecule has 0 spiro atoms. The third-order valence-electron chi connectivity index (χ3n) is 5.66. The van der Waals surface area contributed by atoms with E-state index >= 15 is 0 Å². The van der Waals surface area contributed by atoms with Gasteiger partial charge in [-0.25, -0.2) is 0 Å². The zero-order valence-electron chi connectivity index (χ0n) is 11.4. The van der Waals surface area contributed by atoms with Crippen molar-refractivity contribution in [2.24, 2.45) is 23.7 Å². The van der Waals surface area contributed by atoms with Crippen LogP contribution in [0.3, 0.4) is 0 Å². The molecule has 18 heavy (non-hydrogen) atoms. The minimum Gasteiger partial charge on any atom is -0.390 e. The Hall–Kier alpha value is -0.610. The number of aliphatic hydroxyl groups excluding tert-OH is 1. The molecule has 4 heteroatoms. The van der Waals surface area contributed by atoms with Crippen molar-refractivity contribution in [3.63, 3.8) is 0 Å². The zero-order chi connectivity index (χ0) is 13.0. The highest BCUT2D eigenvalue weighted by atomic mass is 16.6. The number of nitrogens with zero attached hydrogens (tertiary/aromatic N) is 1. The number of hydrogen-bond acceptors (Lipinski definition) is 3. The molecule has 2 saturated heterocycles. The SMILES string of the molecule is CC(C)(C)N1C(=O)C2C3CC4C(OC1(C)C42)C3O. The van der Waals surface area contributed by atoms with Crippen molar-refractivity contribution in [2.45, 2.75) is 57.6 Å². The highest BCUT2D eigenvalue weighted by Crippen LogP contribution is 2.68. The molecule has 1 amide bonds. The van der Waals surface area contributed by atoms with E-state index in [1.165, 1.54) is 0 Å². The van der Waals surface area contributed by atoms with Crippen LogP contribution in [0.1, 0.15) is 34.1 Å². The van der Waals surface area contributed by atoms with Crippen molar-refractivity contribution in [3.8, 4) is 0 Å². The summed E-state index contributed by atoms with van der Waals surface area (Å²) in [5, 5.41) is 10.3. The van der Waals surface area contributed by atoms with E-state index in [1.54, 1.807) is 0 Å². The predicted octanol–water partition coefficient (Wildman–Crippen LogP) is 0.985. The van der Waals surface area contributed by atoms with Gasteiger partial charge in [0.15, 0.2) is 0 Å². The Morgan fingerprint density at radius 1 is 1.39 bits per heavy atom. The maximum atomic E-state index is 12.7. The maximum Gasteiger partial charge on any atom is 0.229 e. The average molecular weight is 251 g/mol. The molecule has 0 aromatic carbocycles. The summed E-state index contributed by atoms with van der Waals surface area (Å²) in [4.78, 5) is 14.7. The lowest BCUT2D eigenvalue weighted by atomic mass is 9.77. The van der Waals surface area contributed by atoms with Crippen LogP contribution in [0.5, 0.6) is 0 Å². The average Bonchev–Trinajstić information content (AvgIpc) is 2.83. The number of fused-ring (bicyclic) bond motifs is 2. The maximum absolute atomic E-state index is 12.7. The molecule has 0 aromatic rings. The van der Waals surface area contributed by atoms with E-state index in [0.717, 1.165) is 6.42 Å². The third kappa shape index (κ3) is 0.935. The standard InChI is InChI=1S/C14H21NO3/c1-13(2,3)15-12(17)8-6-5-7-9(8)14(15,4)18-11(7)10(6)16/h6-11,16H,5H2,1-4H3. The summed E-state index contributed by atoms with van der Waals surface area (Å²) >= 11 is 0. The first-order valence-corrected chi connectivity index (χ1v) is 6.97. The molecule has 4 fully saturated rings. The molecule has 2 aliphatic heterocycles. The van der Waals surface area contributed by atoms with Crippen molar-refractivity contribution >= 4 is 5.91 Å². The van der Waals surface area contributed by atoms with E-state index in [2.05, 4.69) is 20.8 Å². The Morgan fingerprint density at radius 3 is 2.67 bits per heavy atom. The van der Waals surface area contributed by atoms with Gasteiger partial charge < -0.3 is 14.7 Å². The van der Waals surface area contributed by atoms with Gasteiger partial charge in [0.1, 0.15) is 5.72 Å². The van der Waals surface area contributed by atoms with Crippen LogP contribution in [-0.2, 0) is 9.53 Å². The van der Waals surface area contributed by atoms with E-state index < -0.39 is 11.8 Å². The molecule has 4 aliphatic rings. The first-order chi connectivity index (χ1) is 8.27. The lowest BCUT2D eigenvalue weighted by Crippen LogP contribution is -2.57. The molecule has 0 radical (unpaired) electrons. The molecule has 7 unspecified atom stereocenters. The van der Waals surface area contributed by atoms with Gasteiger partial charge in [0.2, 0.25) is 5.91 Å². The van der Waals surface area contributed by atoms with Crippen molar-refractivity contribution in [3.05, 3.63) is 0 Å². The van der Waals surface area contributed by atoms with E-state index in [1.807, 2.05) is 11.8 Å². The van der Waals surface area contributed by atoms with Crippen molar-refractivity contribution < 1.29 is 14.6 Å². The van der Waals surface area contributed by atoms with Crippen molar-refractivity contribution in [2.75, 3.05) is 0 Å². The third-order valence-corrected chi connectivity index (χ3v) is 5.66. The van der Waals surface area contributed by atoms with Gasteiger partial charge in [-0.05, 0) is 46.0 Å². The number of amides is 1. The van der Waals surface area contributed by atoms with E-state index in [-0.39, 0.29) is 29.4 Å². The highest BCUT2D eigenvalue weighted by Gasteiger charge is 2.77. The summed E-state index contributed by atoms with van der Waals surface area (Å²) < 4.78 is 6.19. The van der Waals surface area contributed by atoms with Crippen molar-refractivity contribution in [1.29, 1.82) is 0 Å². The second kappa shape index (κ2) is 2.78. The fraction of sp³-hybridized carbons (Fsp3) is 0.929. The Morgan fingerprint density at radius 2 is 2.06 bits per heavy atom. The van der Waals surface area contributed by atoms with Gasteiger partial charge in [0.25, 0.3) is 0 Å². The molecule has 100 valence electrons. The van der Waals surface area contributed by atoms with Gasteiger partial charge >= 0.3 is 0 Å². The summed E-state index contributed by atoms with van der Waals surface area (Å²) in [6.07, 6.45) is 0.504. The number of ether oxygens (including phenoxy) is 1. The first kappa shape index (κ1) is 11.2. The lowest BCUT2D eigenvalue weighted by molar-refractivity contribution is -0.187. The lowest BCUT2D eigenvalue weighted by Gasteiger charge is -2.44. The summed E-state index contributed by atoms with van der Waals surface area (Å²) in [5.41, 5.74) is -0.718. The van der Waals surface area contributed by atoms with Gasteiger partial charge in [0, 0.05) is 11.5 Å². The van der Waals surface area contributed by atoms with Crippen LogP contribution in [0.4, 0.5) is 0 Å². The number of rotatable bonds is 0.